The van der Waals surface area contributed by atoms with Crippen molar-refractivity contribution in [2.24, 2.45) is 0 Å². The largest absolute Gasteiger partial charge is 0.484 e. The minimum Gasteiger partial charge on any atom is -0.484 e. The topological polar surface area (TPSA) is 84.5 Å². The lowest BCUT2D eigenvalue weighted by molar-refractivity contribution is -0.118. The Bertz CT molecular complexity index is 1210. The molecule has 0 saturated carbocycles. The molecule has 31 heavy (non-hydrogen) atoms. The van der Waals surface area contributed by atoms with Crippen molar-refractivity contribution >= 4 is 38.9 Å². The summed E-state index contributed by atoms with van der Waals surface area (Å²) < 4.78 is 46.4. The van der Waals surface area contributed by atoms with Gasteiger partial charge in [0.2, 0.25) is 0 Å². The summed E-state index contributed by atoms with van der Waals surface area (Å²) in [6.07, 6.45) is 0. The number of hydrogen-bond donors (Lipinski definition) is 2. The zero-order valence-electron chi connectivity index (χ0n) is 16.8. The Hall–Kier alpha value is -3.10. The number of amides is 1. The van der Waals surface area contributed by atoms with E-state index in [0.717, 1.165) is 17.2 Å². The molecular formula is C22H20ClFN2O4S. The molecule has 3 rings (SSSR count). The van der Waals surface area contributed by atoms with Gasteiger partial charge in [-0.3, -0.25) is 9.52 Å². The summed E-state index contributed by atoms with van der Waals surface area (Å²) >= 11 is 5.68. The van der Waals surface area contributed by atoms with E-state index in [0.29, 0.717) is 17.1 Å². The molecule has 0 spiro atoms. The van der Waals surface area contributed by atoms with Crippen LogP contribution in [0.25, 0.3) is 0 Å². The molecule has 0 atom stereocenters. The maximum absolute atomic E-state index is 13.2. The molecule has 1 amide bonds. The molecule has 0 heterocycles. The number of carbonyl (C=O) groups is 1. The lowest BCUT2D eigenvalue weighted by Gasteiger charge is -2.12. The van der Waals surface area contributed by atoms with Crippen molar-refractivity contribution in [3.63, 3.8) is 0 Å². The van der Waals surface area contributed by atoms with E-state index in [1.165, 1.54) is 36.4 Å². The smallest absolute Gasteiger partial charge is 0.262 e. The first kappa shape index (κ1) is 22.6. The fraction of sp³-hybridized carbons (Fsp3) is 0.136. The number of nitrogens with one attached hydrogen (secondary N) is 2. The van der Waals surface area contributed by atoms with Gasteiger partial charge in [0, 0.05) is 5.69 Å². The third kappa shape index (κ3) is 5.96. The van der Waals surface area contributed by atoms with Crippen molar-refractivity contribution in [3.8, 4) is 5.75 Å². The second-order valence-corrected chi connectivity index (χ2v) is 8.95. The summed E-state index contributed by atoms with van der Waals surface area (Å²) in [5, 5.41) is 2.43. The predicted molar refractivity (Wildman–Crippen MR) is 119 cm³/mol. The zero-order chi connectivity index (χ0) is 22.6. The van der Waals surface area contributed by atoms with Gasteiger partial charge in [-0.1, -0.05) is 23.7 Å². The van der Waals surface area contributed by atoms with Crippen LogP contribution in [0.5, 0.6) is 5.75 Å². The number of carbonyl (C=O) groups excluding carboxylic acids is 1. The first-order valence-electron chi connectivity index (χ1n) is 9.22. The average Bonchev–Trinajstić information content (AvgIpc) is 2.72. The van der Waals surface area contributed by atoms with Gasteiger partial charge in [0.05, 0.1) is 15.6 Å². The Morgan fingerprint density at radius 2 is 1.74 bits per heavy atom. The van der Waals surface area contributed by atoms with Crippen molar-refractivity contribution < 1.29 is 22.3 Å². The van der Waals surface area contributed by atoms with Crippen molar-refractivity contribution in [2.75, 3.05) is 16.6 Å². The quantitative estimate of drug-likeness (QED) is 0.522. The fourth-order valence-corrected chi connectivity index (χ4v) is 3.99. The first-order chi connectivity index (χ1) is 14.6. The highest BCUT2D eigenvalue weighted by atomic mass is 35.5. The minimum absolute atomic E-state index is 0.0613. The second kappa shape index (κ2) is 9.36. The number of sulfonamides is 1. The van der Waals surface area contributed by atoms with Crippen LogP contribution in [0.3, 0.4) is 0 Å². The van der Waals surface area contributed by atoms with E-state index >= 15 is 0 Å². The molecule has 162 valence electrons. The van der Waals surface area contributed by atoms with Crippen LogP contribution in [0, 0.1) is 19.7 Å². The van der Waals surface area contributed by atoms with Gasteiger partial charge >= 0.3 is 0 Å². The van der Waals surface area contributed by atoms with Crippen molar-refractivity contribution in [3.05, 3.63) is 82.6 Å². The maximum Gasteiger partial charge on any atom is 0.262 e. The van der Waals surface area contributed by atoms with E-state index in [1.807, 2.05) is 26.0 Å². The van der Waals surface area contributed by atoms with Crippen LogP contribution in [0.2, 0.25) is 5.02 Å². The number of anilines is 2. The third-order valence-electron chi connectivity index (χ3n) is 4.34. The summed E-state index contributed by atoms with van der Waals surface area (Å²) in [4.78, 5) is 12.1. The molecule has 0 radical (unpaired) electrons. The van der Waals surface area contributed by atoms with Crippen LogP contribution in [-0.2, 0) is 14.8 Å². The highest BCUT2D eigenvalue weighted by Crippen LogP contribution is 2.23. The van der Waals surface area contributed by atoms with Crippen LogP contribution in [0.1, 0.15) is 11.1 Å². The molecule has 0 aliphatic rings. The van der Waals surface area contributed by atoms with E-state index in [4.69, 9.17) is 16.3 Å². The Morgan fingerprint density at radius 3 is 2.42 bits per heavy atom. The standard InChI is InChI=1S/C22H20ClFN2O4S/c1-14-3-4-15(2)21(11-14)26-31(28,29)18-8-6-17(7-9-18)30-13-22(27)25-16-5-10-20(24)19(23)12-16/h3-12,26H,13H2,1-2H3,(H,25,27). The Morgan fingerprint density at radius 1 is 1.03 bits per heavy atom. The van der Waals surface area contributed by atoms with Gasteiger partial charge in [-0.05, 0) is 73.5 Å². The minimum atomic E-state index is -3.78. The number of aryl methyl sites for hydroxylation is 2. The summed E-state index contributed by atoms with van der Waals surface area (Å²) in [6.45, 7) is 3.38. The molecule has 6 nitrogen and oxygen atoms in total. The summed E-state index contributed by atoms with van der Waals surface area (Å²) in [5.74, 6) is -0.744. The van der Waals surface area contributed by atoms with Gasteiger partial charge in [-0.15, -0.1) is 0 Å². The molecule has 0 aromatic heterocycles. The van der Waals surface area contributed by atoms with Crippen LogP contribution < -0.4 is 14.8 Å². The van der Waals surface area contributed by atoms with Crippen LogP contribution in [-0.4, -0.2) is 20.9 Å². The first-order valence-corrected chi connectivity index (χ1v) is 11.1. The number of benzene rings is 3. The lowest BCUT2D eigenvalue weighted by Crippen LogP contribution is -2.20. The molecule has 0 aliphatic carbocycles. The van der Waals surface area contributed by atoms with Gasteiger partial charge in [-0.25, -0.2) is 12.8 Å². The Labute approximate surface area is 185 Å². The molecule has 2 N–H and O–H groups in total. The van der Waals surface area contributed by atoms with Crippen LogP contribution >= 0.6 is 11.6 Å². The van der Waals surface area contributed by atoms with Crippen LogP contribution in [0.4, 0.5) is 15.8 Å². The van der Waals surface area contributed by atoms with Gasteiger partial charge in [0.25, 0.3) is 15.9 Å². The van der Waals surface area contributed by atoms with E-state index in [1.54, 1.807) is 6.07 Å². The number of rotatable bonds is 7. The zero-order valence-corrected chi connectivity index (χ0v) is 18.4. The lowest BCUT2D eigenvalue weighted by atomic mass is 10.1. The fourth-order valence-electron chi connectivity index (χ4n) is 2.68. The molecule has 0 fully saturated rings. The molecule has 3 aromatic rings. The molecule has 0 bridgehead atoms. The Balaban J connectivity index is 1.61. The van der Waals surface area contributed by atoms with Crippen molar-refractivity contribution in [1.82, 2.24) is 0 Å². The normalized spacial score (nSPS) is 11.1. The van der Waals surface area contributed by atoms with Gasteiger partial charge in [0.1, 0.15) is 11.6 Å². The highest BCUT2D eigenvalue weighted by molar-refractivity contribution is 7.92. The number of halogens is 2. The molecule has 9 heteroatoms. The summed E-state index contributed by atoms with van der Waals surface area (Å²) in [7, 11) is -3.78. The Kier molecular flexibility index (Phi) is 6.82. The molecular weight excluding hydrogens is 443 g/mol. The van der Waals surface area contributed by atoms with Crippen molar-refractivity contribution in [1.29, 1.82) is 0 Å². The van der Waals surface area contributed by atoms with Crippen LogP contribution in [0.15, 0.2) is 65.6 Å². The van der Waals surface area contributed by atoms with Gasteiger partial charge < -0.3 is 10.1 Å². The third-order valence-corrected chi connectivity index (χ3v) is 6.02. The average molecular weight is 463 g/mol. The molecule has 0 unspecified atom stereocenters. The maximum atomic E-state index is 13.2. The summed E-state index contributed by atoms with van der Waals surface area (Å²) in [6, 6.07) is 15.0. The molecule has 0 aliphatic heterocycles. The number of ether oxygens (including phenoxy) is 1. The SMILES string of the molecule is Cc1ccc(C)c(NS(=O)(=O)c2ccc(OCC(=O)Nc3ccc(F)c(Cl)c3)cc2)c1. The van der Waals surface area contributed by atoms with E-state index in [-0.39, 0.29) is 16.5 Å². The van der Waals surface area contributed by atoms with E-state index in [9.17, 15) is 17.6 Å². The molecule has 3 aromatic carbocycles. The monoisotopic (exact) mass is 462 g/mol. The van der Waals surface area contributed by atoms with E-state index < -0.39 is 21.7 Å². The number of hydrogen-bond acceptors (Lipinski definition) is 4. The predicted octanol–water partition coefficient (Wildman–Crippen LogP) is 4.91. The summed E-state index contributed by atoms with van der Waals surface area (Å²) in [5.41, 5.74) is 2.59. The van der Waals surface area contributed by atoms with Crippen molar-refractivity contribution in [2.45, 2.75) is 18.7 Å². The van der Waals surface area contributed by atoms with Gasteiger partial charge in [0.15, 0.2) is 6.61 Å². The highest BCUT2D eigenvalue weighted by Gasteiger charge is 2.16. The molecule has 0 saturated heterocycles. The van der Waals surface area contributed by atoms with E-state index in [2.05, 4.69) is 10.0 Å². The second-order valence-electron chi connectivity index (χ2n) is 6.86. The van der Waals surface area contributed by atoms with Gasteiger partial charge in [-0.2, -0.15) is 0 Å².